The van der Waals surface area contributed by atoms with E-state index in [1.165, 1.54) is 0 Å². The van der Waals surface area contributed by atoms with Crippen molar-refractivity contribution in [2.75, 3.05) is 12.4 Å². The quantitative estimate of drug-likeness (QED) is 0.507. The van der Waals surface area contributed by atoms with Gasteiger partial charge in [0.05, 0.1) is 0 Å². The molecule has 3 nitrogen and oxygen atoms in total. The fraction of sp³-hybridized carbons (Fsp3) is 0.143. The molecule has 0 aliphatic heterocycles. The Kier molecular flexibility index (Phi) is 2.18. The Morgan fingerprint density at radius 2 is 1.76 bits per heavy atom. The maximum atomic E-state index is 4.67. The molecule has 3 heteroatoms. The van der Waals surface area contributed by atoms with E-state index in [0.29, 0.717) is 0 Å². The van der Waals surface area contributed by atoms with Gasteiger partial charge in [-0.25, -0.2) is 4.98 Å². The van der Waals surface area contributed by atoms with Crippen LogP contribution in [0.3, 0.4) is 0 Å². The number of aryl methyl sites for hydroxylation is 1. The van der Waals surface area contributed by atoms with Crippen molar-refractivity contribution >= 4 is 27.8 Å². The number of anilines is 1. The van der Waals surface area contributed by atoms with Crippen molar-refractivity contribution in [3.8, 4) is 0 Å². The van der Waals surface area contributed by atoms with E-state index in [1.54, 1.807) is 0 Å². The Morgan fingerprint density at radius 3 is 2.59 bits per heavy atom. The third-order valence-electron chi connectivity index (χ3n) is 3.11. The second-order valence-electron chi connectivity index (χ2n) is 4.11. The zero-order valence-corrected chi connectivity index (χ0v) is 9.94. The fourth-order valence-corrected chi connectivity index (χ4v) is 2.14. The molecular formula is C14H14N3+. The van der Waals surface area contributed by atoms with Gasteiger partial charge in [-0.05, 0) is 18.2 Å². The van der Waals surface area contributed by atoms with E-state index in [1.807, 2.05) is 37.4 Å². The third-order valence-corrected chi connectivity index (χ3v) is 3.11. The van der Waals surface area contributed by atoms with E-state index in [-0.39, 0.29) is 0 Å². The van der Waals surface area contributed by atoms with E-state index in [9.17, 15) is 0 Å². The number of aromatic nitrogens is 2. The van der Waals surface area contributed by atoms with Gasteiger partial charge in [0.1, 0.15) is 18.1 Å². The number of hydrogen-bond acceptors (Lipinski definition) is 2. The Bertz CT molecular complexity index is 704. The van der Waals surface area contributed by atoms with Crippen molar-refractivity contribution in [1.29, 1.82) is 0 Å². The molecule has 0 amide bonds. The molecule has 0 atom stereocenters. The molecule has 0 bridgehead atoms. The number of hydrogen-bond donors (Lipinski definition) is 1. The van der Waals surface area contributed by atoms with E-state index in [4.69, 9.17) is 0 Å². The molecule has 0 saturated carbocycles. The molecule has 0 radical (unpaired) electrons. The number of nitrogens with zero attached hydrogens (tertiary/aromatic N) is 2. The number of para-hydroxylation sites is 2. The largest absolute Gasteiger partial charge is 0.388 e. The minimum absolute atomic E-state index is 1.02. The van der Waals surface area contributed by atoms with Crippen LogP contribution in [0.4, 0.5) is 5.69 Å². The van der Waals surface area contributed by atoms with Gasteiger partial charge >= 0.3 is 0 Å². The van der Waals surface area contributed by atoms with Crippen LogP contribution in [0.25, 0.3) is 22.1 Å². The minimum Gasteiger partial charge on any atom is -0.388 e. The molecule has 3 rings (SSSR count). The van der Waals surface area contributed by atoms with Crippen molar-refractivity contribution in [3.63, 3.8) is 0 Å². The van der Waals surface area contributed by atoms with Crippen LogP contribution in [0.1, 0.15) is 0 Å². The highest BCUT2D eigenvalue weighted by atomic mass is 15.0. The Hall–Kier alpha value is -2.16. The molecule has 0 fully saturated rings. The van der Waals surface area contributed by atoms with Gasteiger partial charge in [0.2, 0.25) is 11.0 Å². The number of fused-ring (bicyclic) bond motifs is 2. The summed E-state index contributed by atoms with van der Waals surface area (Å²) in [5.41, 5.74) is 5.43. The lowest BCUT2D eigenvalue weighted by molar-refractivity contribution is -0.617. The van der Waals surface area contributed by atoms with Gasteiger partial charge in [0, 0.05) is 24.9 Å². The van der Waals surface area contributed by atoms with Crippen molar-refractivity contribution in [2.45, 2.75) is 0 Å². The molecule has 17 heavy (non-hydrogen) atoms. The highest BCUT2D eigenvalue weighted by Gasteiger charge is 2.12. The van der Waals surface area contributed by atoms with Crippen LogP contribution in [0.2, 0.25) is 0 Å². The lowest BCUT2D eigenvalue weighted by Crippen LogP contribution is -2.30. The van der Waals surface area contributed by atoms with Gasteiger partial charge in [-0.3, -0.25) is 0 Å². The van der Waals surface area contributed by atoms with E-state index < -0.39 is 0 Å². The zero-order chi connectivity index (χ0) is 11.8. The molecule has 0 unspecified atom stereocenters. The Morgan fingerprint density at radius 1 is 1.00 bits per heavy atom. The molecule has 1 N–H and O–H groups in total. The molecule has 0 saturated heterocycles. The van der Waals surface area contributed by atoms with Crippen LogP contribution in [-0.2, 0) is 7.05 Å². The van der Waals surface area contributed by atoms with Gasteiger partial charge in [0.15, 0.2) is 0 Å². The summed E-state index contributed by atoms with van der Waals surface area (Å²) in [5, 5.41) is 3.15. The van der Waals surface area contributed by atoms with Gasteiger partial charge in [-0.2, -0.15) is 4.57 Å². The number of rotatable bonds is 1. The summed E-state index contributed by atoms with van der Waals surface area (Å²) in [6, 6.07) is 14.4. The average Bonchev–Trinajstić information content (AvgIpc) is 2.39. The highest BCUT2D eigenvalue weighted by Crippen LogP contribution is 2.17. The van der Waals surface area contributed by atoms with Crippen LogP contribution < -0.4 is 9.88 Å². The first kappa shape index (κ1) is 10.0. The molecular weight excluding hydrogens is 210 g/mol. The summed E-state index contributed by atoms with van der Waals surface area (Å²) in [6.07, 6.45) is 0. The van der Waals surface area contributed by atoms with Gasteiger partial charge in [-0.1, -0.05) is 12.1 Å². The van der Waals surface area contributed by atoms with Crippen molar-refractivity contribution < 1.29 is 4.57 Å². The molecule has 0 spiro atoms. The maximum absolute atomic E-state index is 4.67. The standard InChI is InChI=1S/C14H13N3/c1-15-10-7-8-12-14(9-10)17(2)13-6-4-3-5-11(13)16-12/h3-9H,1-2H3/p+1. The van der Waals surface area contributed by atoms with Gasteiger partial charge < -0.3 is 5.32 Å². The topological polar surface area (TPSA) is 28.8 Å². The van der Waals surface area contributed by atoms with Crippen molar-refractivity contribution in [2.24, 2.45) is 7.05 Å². The molecule has 0 aliphatic carbocycles. The molecule has 1 aromatic heterocycles. The predicted molar refractivity (Wildman–Crippen MR) is 70.0 cm³/mol. The van der Waals surface area contributed by atoms with Crippen LogP contribution >= 0.6 is 0 Å². The zero-order valence-electron chi connectivity index (χ0n) is 9.94. The molecule has 84 valence electrons. The highest BCUT2D eigenvalue weighted by molar-refractivity contribution is 5.83. The van der Waals surface area contributed by atoms with Gasteiger partial charge in [0.25, 0.3) is 0 Å². The van der Waals surface area contributed by atoms with Crippen LogP contribution in [0, 0.1) is 0 Å². The smallest absolute Gasteiger partial charge is 0.233 e. The molecule has 3 aromatic rings. The second-order valence-corrected chi connectivity index (χ2v) is 4.11. The minimum atomic E-state index is 1.02. The summed E-state index contributed by atoms with van der Waals surface area (Å²) in [6.45, 7) is 0. The summed E-state index contributed by atoms with van der Waals surface area (Å²) in [5.74, 6) is 0. The Balaban J connectivity index is 2.46. The monoisotopic (exact) mass is 224 g/mol. The lowest BCUT2D eigenvalue weighted by atomic mass is 10.2. The van der Waals surface area contributed by atoms with Crippen LogP contribution in [-0.4, -0.2) is 12.0 Å². The fourth-order valence-electron chi connectivity index (χ4n) is 2.14. The predicted octanol–water partition coefficient (Wildman–Crippen LogP) is 2.25. The van der Waals surface area contributed by atoms with Gasteiger partial charge in [-0.15, -0.1) is 0 Å². The molecule has 1 heterocycles. The first-order valence-electron chi connectivity index (χ1n) is 5.66. The first-order chi connectivity index (χ1) is 8.29. The van der Waals surface area contributed by atoms with E-state index in [0.717, 1.165) is 27.8 Å². The summed E-state index contributed by atoms with van der Waals surface area (Å²) in [7, 11) is 4.00. The third kappa shape index (κ3) is 1.51. The number of benzene rings is 2. The molecule has 0 aliphatic rings. The Labute approximate surface area is 99.7 Å². The summed E-state index contributed by atoms with van der Waals surface area (Å²) >= 11 is 0. The maximum Gasteiger partial charge on any atom is 0.233 e. The van der Waals surface area contributed by atoms with E-state index >= 15 is 0 Å². The normalized spacial score (nSPS) is 10.9. The lowest BCUT2D eigenvalue weighted by Gasteiger charge is -2.03. The van der Waals surface area contributed by atoms with Crippen molar-refractivity contribution in [3.05, 3.63) is 42.5 Å². The van der Waals surface area contributed by atoms with E-state index in [2.05, 4.69) is 34.0 Å². The number of nitrogens with one attached hydrogen (secondary N) is 1. The summed E-state index contributed by atoms with van der Waals surface area (Å²) < 4.78 is 2.18. The first-order valence-corrected chi connectivity index (χ1v) is 5.66. The average molecular weight is 224 g/mol. The summed E-state index contributed by atoms with van der Waals surface area (Å²) in [4.78, 5) is 4.67. The second kappa shape index (κ2) is 3.70. The molecule has 2 aromatic carbocycles. The SMILES string of the molecule is CNc1ccc2nc3ccccc3[n+](C)c2c1. The van der Waals surface area contributed by atoms with Crippen LogP contribution in [0.15, 0.2) is 42.5 Å². The van der Waals surface area contributed by atoms with Crippen LogP contribution in [0.5, 0.6) is 0 Å². The van der Waals surface area contributed by atoms with Crippen molar-refractivity contribution in [1.82, 2.24) is 4.98 Å².